The van der Waals surface area contributed by atoms with E-state index in [9.17, 15) is 8.42 Å². The first-order valence-corrected chi connectivity index (χ1v) is 11.5. The van der Waals surface area contributed by atoms with Crippen LogP contribution in [0.25, 0.3) is 21.9 Å². The lowest BCUT2D eigenvalue weighted by Gasteiger charge is -2.21. The first-order chi connectivity index (χ1) is 14.6. The van der Waals surface area contributed by atoms with Gasteiger partial charge in [-0.2, -0.15) is 4.31 Å². The summed E-state index contributed by atoms with van der Waals surface area (Å²) in [5.74, 6) is 0. The molecule has 0 radical (unpaired) electrons. The summed E-state index contributed by atoms with van der Waals surface area (Å²) in [5.41, 5.74) is 4.18. The van der Waals surface area contributed by atoms with Crippen molar-refractivity contribution in [2.75, 3.05) is 18.4 Å². The summed E-state index contributed by atoms with van der Waals surface area (Å²) in [5, 5.41) is 5.08. The van der Waals surface area contributed by atoms with Crippen LogP contribution < -0.4 is 5.32 Å². The van der Waals surface area contributed by atoms with Crippen molar-refractivity contribution in [2.45, 2.75) is 11.4 Å². The number of hydrogen-bond acceptors (Lipinski definition) is 3. The second-order valence-electron chi connectivity index (χ2n) is 7.48. The Morgan fingerprint density at radius 2 is 1.53 bits per heavy atom. The highest BCUT2D eigenvalue weighted by Crippen LogP contribution is 2.31. The normalized spacial score (nSPS) is 14.7. The van der Waals surface area contributed by atoms with E-state index in [4.69, 9.17) is 0 Å². The van der Waals surface area contributed by atoms with Gasteiger partial charge in [0.15, 0.2) is 0 Å². The Labute approximate surface area is 176 Å². The Bertz CT molecular complexity index is 1310. The van der Waals surface area contributed by atoms with E-state index < -0.39 is 10.0 Å². The molecule has 1 N–H and O–H groups in total. The van der Waals surface area contributed by atoms with E-state index in [0.717, 1.165) is 33.2 Å². The van der Waals surface area contributed by atoms with Gasteiger partial charge in [0, 0.05) is 30.7 Å². The molecule has 0 bridgehead atoms. The fraction of sp³-hybridized carbons (Fsp3) is 0.120. The van der Waals surface area contributed by atoms with Crippen LogP contribution in [0.15, 0.2) is 95.9 Å². The number of sulfonamides is 1. The van der Waals surface area contributed by atoms with Crippen LogP contribution in [0.3, 0.4) is 0 Å². The summed E-state index contributed by atoms with van der Waals surface area (Å²) in [6.07, 6.45) is 0. The van der Waals surface area contributed by atoms with Crippen LogP contribution in [-0.2, 0) is 16.6 Å². The van der Waals surface area contributed by atoms with E-state index >= 15 is 0 Å². The molecule has 150 valence electrons. The number of anilines is 1. The first kappa shape index (κ1) is 18.9. The smallest absolute Gasteiger partial charge is 0.244 e. The molecule has 0 fully saturated rings. The number of benzene rings is 4. The highest BCUT2D eigenvalue weighted by molar-refractivity contribution is 7.89. The van der Waals surface area contributed by atoms with Gasteiger partial charge in [0.05, 0.1) is 4.90 Å². The van der Waals surface area contributed by atoms with Gasteiger partial charge in [-0.1, -0.05) is 72.8 Å². The average Bonchev–Trinajstić information content (AvgIpc) is 3.02. The topological polar surface area (TPSA) is 49.4 Å². The maximum absolute atomic E-state index is 13.6. The van der Waals surface area contributed by atoms with Crippen LogP contribution in [0, 0.1) is 0 Å². The van der Waals surface area contributed by atoms with Crippen LogP contribution in [0.5, 0.6) is 0 Å². The maximum atomic E-state index is 13.6. The Morgan fingerprint density at radius 1 is 0.767 bits per heavy atom. The van der Waals surface area contributed by atoms with Gasteiger partial charge >= 0.3 is 0 Å². The average molecular weight is 415 g/mol. The SMILES string of the molecule is O=S(=O)(c1cccc2ccccc12)N1CCNc2ccc(-c3ccccc3)cc2C1. The van der Waals surface area contributed by atoms with Gasteiger partial charge in [0.25, 0.3) is 0 Å². The van der Waals surface area contributed by atoms with Crippen molar-refractivity contribution in [2.24, 2.45) is 0 Å². The van der Waals surface area contributed by atoms with Gasteiger partial charge in [0.2, 0.25) is 10.0 Å². The van der Waals surface area contributed by atoms with Crippen molar-refractivity contribution in [3.63, 3.8) is 0 Å². The van der Waals surface area contributed by atoms with Gasteiger partial charge < -0.3 is 5.32 Å². The van der Waals surface area contributed by atoms with Gasteiger partial charge in [-0.3, -0.25) is 0 Å². The predicted octanol–water partition coefficient (Wildman–Crippen LogP) is 5.12. The molecule has 1 aliphatic rings. The largest absolute Gasteiger partial charge is 0.383 e. The molecular formula is C25H22N2O2S. The van der Waals surface area contributed by atoms with Gasteiger partial charge in [-0.05, 0) is 40.3 Å². The van der Waals surface area contributed by atoms with Gasteiger partial charge in [-0.15, -0.1) is 0 Å². The lowest BCUT2D eigenvalue weighted by atomic mass is 10.0. The van der Waals surface area contributed by atoms with Crippen molar-refractivity contribution in [3.05, 3.63) is 96.6 Å². The van der Waals surface area contributed by atoms with E-state index in [1.807, 2.05) is 60.7 Å². The molecule has 0 saturated carbocycles. The molecule has 5 heteroatoms. The molecule has 1 heterocycles. The van der Waals surface area contributed by atoms with Crippen molar-refractivity contribution >= 4 is 26.5 Å². The van der Waals surface area contributed by atoms with Crippen molar-refractivity contribution in [3.8, 4) is 11.1 Å². The fourth-order valence-electron chi connectivity index (χ4n) is 4.06. The van der Waals surface area contributed by atoms with E-state index in [2.05, 4.69) is 29.6 Å². The third kappa shape index (κ3) is 3.36. The summed E-state index contributed by atoms with van der Waals surface area (Å²) in [4.78, 5) is 0.364. The van der Waals surface area contributed by atoms with Gasteiger partial charge in [0.1, 0.15) is 0 Å². The summed E-state index contributed by atoms with van der Waals surface area (Å²) in [6, 6.07) is 29.5. The number of nitrogens with one attached hydrogen (secondary N) is 1. The second kappa shape index (κ2) is 7.59. The van der Waals surface area contributed by atoms with E-state index in [1.54, 1.807) is 10.4 Å². The molecule has 5 rings (SSSR count). The zero-order chi connectivity index (χ0) is 20.6. The van der Waals surface area contributed by atoms with Crippen molar-refractivity contribution in [1.29, 1.82) is 0 Å². The zero-order valence-electron chi connectivity index (χ0n) is 16.5. The van der Waals surface area contributed by atoms with Crippen LogP contribution in [-0.4, -0.2) is 25.8 Å². The highest BCUT2D eigenvalue weighted by atomic mass is 32.2. The van der Waals surface area contributed by atoms with Crippen LogP contribution >= 0.6 is 0 Å². The molecule has 0 unspecified atom stereocenters. The second-order valence-corrected chi connectivity index (χ2v) is 9.39. The molecule has 0 aromatic heterocycles. The Balaban J connectivity index is 1.55. The molecule has 0 atom stereocenters. The number of nitrogens with zero attached hydrogens (tertiary/aromatic N) is 1. The maximum Gasteiger partial charge on any atom is 0.244 e. The molecule has 0 saturated heterocycles. The van der Waals surface area contributed by atoms with E-state index in [-0.39, 0.29) is 0 Å². The molecule has 1 aliphatic heterocycles. The number of fused-ring (bicyclic) bond motifs is 2. The Kier molecular flexibility index (Phi) is 4.77. The molecule has 4 aromatic carbocycles. The Morgan fingerprint density at radius 3 is 2.40 bits per heavy atom. The van der Waals surface area contributed by atoms with Crippen molar-refractivity contribution < 1.29 is 8.42 Å². The number of rotatable bonds is 3. The third-order valence-electron chi connectivity index (χ3n) is 5.60. The molecular weight excluding hydrogens is 392 g/mol. The predicted molar refractivity (Wildman–Crippen MR) is 122 cm³/mol. The molecule has 0 aliphatic carbocycles. The molecule has 30 heavy (non-hydrogen) atoms. The van der Waals surface area contributed by atoms with Gasteiger partial charge in [-0.25, -0.2) is 8.42 Å². The minimum absolute atomic E-state index is 0.342. The quantitative estimate of drug-likeness (QED) is 0.506. The summed E-state index contributed by atoms with van der Waals surface area (Å²) < 4.78 is 28.8. The highest BCUT2D eigenvalue weighted by Gasteiger charge is 2.28. The standard InChI is InChI=1S/C25H22N2O2S/c28-30(29,25-12-6-10-20-9-4-5-11-23(20)25)27-16-15-26-24-14-13-21(17-22(24)18-27)19-7-2-1-3-8-19/h1-14,17,26H,15-16,18H2. The molecule has 4 nitrogen and oxygen atoms in total. The molecule has 0 spiro atoms. The van der Waals surface area contributed by atoms with Crippen molar-refractivity contribution in [1.82, 2.24) is 4.31 Å². The molecule has 0 amide bonds. The first-order valence-electron chi connectivity index (χ1n) is 10.0. The van der Waals surface area contributed by atoms with E-state index in [0.29, 0.717) is 24.5 Å². The van der Waals surface area contributed by atoms with Crippen LogP contribution in [0.1, 0.15) is 5.56 Å². The minimum Gasteiger partial charge on any atom is -0.383 e. The molecule has 4 aromatic rings. The summed E-state index contributed by atoms with van der Waals surface area (Å²) in [6.45, 7) is 1.33. The summed E-state index contributed by atoms with van der Waals surface area (Å²) >= 11 is 0. The zero-order valence-corrected chi connectivity index (χ0v) is 17.3. The number of hydrogen-bond donors (Lipinski definition) is 1. The summed E-state index contributed by atoms with van der Waals surface area (Å²) in [7, 11) is -3.64. The lowest BCUT2D eigenvalue weighted by Crippen LogP contribution is -2.32. The van der Waals surface area contributed by atoms with Crippen LogP contribution in [0.4, 0.5) is 5.69 Å². The monoisotopic (exact) mass is 414 g/mol. The van der Waals surface area contributed by atoms with Crippen LogP contribution in [0.2, 0.25) is 0 Å². The Hall–Kier alpha value is -3.15. The van der Waals surface area contributed by atoms with E-state index in [1.165, 1.54) is 0 Å². The minimum atomic E-state index is -3.64. The fourth-order valence-corrected chi connectivity index (χ4v) is 5.69. The third-order valence-corrected chi connectivity index (χ3v) is 7.51. The lowest BCUT2D eigenvalue weighted by molar-refractivity contribution is 0.424.